The van der Waals surface area contributed by atoms with Crippen molar-refractivity contribution in [3.8, 4) is 17.5 Å². The van der Waals surface area contributed by atoms with Crippen LogP contribution < -0.4 is 10.6 Å². The lowest BCUT2D eigenvalue weighted by atomic mass is 9.63. The maximum atomic E-state index is 12.6. The van der Waals surface area contributed by atoms with Gasteiger partial charge < -0.3 is 10.1 Å². The largest absolute Gasteiger partial charge is 0.441 e. The van der Waals surface area contributed by atoms with Crippen molar-refractivity contribution >= 4 is 35.1 Å². The average Bonchev–Trinajstić information content (AvgIpc) is 3.17. The van der Waals surface area contributed by atoms with Gasteiger partial charge in [0.2, 0.25) is 5.91 Å². The molecular weight excluding hydrogens is 472 g/mol. The Balaban J connectivity index is 1.42. The van der Waals surface area contributed by atoms with E-state index in [1.54, 1.807) is 44.4 Å². The third-order valence-electron chi connectivity index (χ3n) is 5.95. The number of aryl methyl sites for hydroxylation is 1. The highest BCUT2D eigenvalue weighted by molar-refractivity contribution is 6.30. The smallest absolute Gasteiger partial charge is 0.413 e. The second kappa shape index (κ2) is 9.68. The monoisotopic (exact) mass is 494 g/mol. The molecule has 1 fully saturated rings. The summed E-state index contributed by atoms with van der Waals surface area (Å²) in [6.07, 6.45) is 2.77. The van der Waals surface area contributed by atoms with E-state index in [0.717, 1.165) is 0 Å². The number of aromatic nitrogens is 5. The molecule has 0 aliphatic heterocycles. The van der Waals surface area contributed by atoms with Crippen LogP contribution in [0, 0.1) is 22.7 Å². The van der Waals surface area contributed by atoms with Gasteiger partial charge in [0.25, 0.3) is 0 Å². The van der Waals surface area contributed by atoms with Gasteiger partial charge in [0.05, 0.1) is 23.6 Å². The first-order chi connectivity index (χ1) is 16.7. The number of hydrogen-bond donors (Lipinski definition) is 2. The molecule has 180 valence electrons. The summed E-state index contributed by atoms with van der Waals surface area (Å²) in [5.41, 5.74) is 1.30. The second-order valence-corrected chi connectivity index (χ2v) is 9.01. The minimum Gasteiger partial charge on any atom is -0.441 e. The molecule has 1 aliphatic carbocycles. The first-order valence-corrected chi connectivity index (χ1v) is 11.2. The quantitative estimate of drug-likeness (QED) is 0.486. The van der Waals surface area contributed by atoms with Gasteiger partial charge in [-0.15, -0.1) is 5.10 Å². The van der Waals surface area contributed by atoms with Crippen molar-refractivity contribution in [3.05, 3.63) is 47.4 Å². The van der Waals surface area contributed by atoms with Crippen LogP contribution in [0.25, 0.3) is 11.4 Å². The summed E-state index contributed by atoms with van der Waals surface area (Å²) < 4.78 is 6.82. The van der Waals surface area contributed by atoms with Crippen LogP contribution in [-0.4, -0.2) is 37.0 Å². The Kier molecular flexibility index (Phi) is 6.66. The minimum atomic E-state index is -0.725. The van der Waals surface area contributed by atoms with E-state index in [4.69, 9.17) is 21.6 Å². The van der Waals surface area contributed by atoms with E-state index in [1.165, 1.54) is 10.9 Å². The Labute approximate surface area is 206 Å². The molecule has 1 saturated carbocycles. The van der Waals surface area contributed by atoms with Gasteiger partial charge in [-0.3, -0.25) is 15.1 Å². The first-order valence-electron chi connectivity index (χ1n) is 10.9. The number of carbonyl (C=O) groups is 2. The van der Waals surface area contributed by atoms with Gasteiger partial charge in [-0.25, -0.2) is 14.5 Å². The number of pyridine rings is 2. The van der Waals surface area contributed by atoms with Gasteiger partial charge in [-0.1, -0.05) is 29.8 Å². The van der Waals surface area contributed by atoms with Gasteiger partial charge in [0.15, 0.2) is 11.5 Å². The maximum absolute atomic E-state index is 12.6. The number of ether oxygens (including phenoxy) is 1. The average molecular weight is 495 g/mol. The van der Waals surface area contributed by atoms with Gasteiger partial charge in [-0.2, -0.15) is 5.26 Å². The Morgan fingerprint density at radius 2 is 2.06 bits per heavy atom. The number of halogens is 1. The maximum Gasteiger partial charge on any atom is 0.413 e. The van der Waals surface area contributed by atoms with Crippen LogP contribution in [0.4, 0.5) is 16.3 Å². The molecule has 2 amide bonds. The van der Waals surface area contributed by atoms with E-state index < -0.39 is 17.6 Å². The summed E-state index contributed by atoms with van der Waals surface area (Å²) in [7, 11) is 1.62. The summed E-state index contributed by atoms with van der Waals surface area (Å²) in [6, 6.07) is 8.97. The molecule has 4 rings (SSSR count). The van der Waals surface area contributed by atoms with Gasteiger partial charge in [0.1, 0.15) is 11.3 Å². The zero-order chi connectivity index (χ0) is 25.2. The van der Waals surface area contributed by atoms with E-state index in [-0.39, 0.29) is 22.8 Å². The summed E-state index contributed by atoms with van der Waals surface area (Å²) in [5.74, 6) is 0.0594. The highest BCUT2D eigenvalue weighted by atomic mass is 35.5. The van der Waals surface area contributed by atoms with Gasteiger partial charge in [0, 0.05) is 30.1 Å². The van der Waals surface area contributed by atoms with Crippen LogP contribution in [0.15, 0.2) is 36.7 Å². The lowest BCUT2D eigenvalue weighted by Gasteiger charge is -2.40. The molecule has 0 saturated heterocycles. The molecule has 3 heterocycles. The Hall–Kier alpha value is -4.04. The van der Waals surface area contributed by atoms with E-state index >= 15 is 0 Å². The predicted octanol–water partition coefficient (Wildman–Crippen LogP) is 4.11. The lowest BCUT2D eigenvalue weighted by molar-refractivity contribution is -0.130. The number of nitrogens with zero attached hydrogens (tertiary/aromatic N) is 6. The Morgan fingerprint density at radius 1 is 1.29 bits per heavy atom. The van der Waals surface area contributed by atoms with Crippen molar-refractivity contribution in [1.82, 2.24) is 25.0 Å². The lowest BCUT2D eigenvalue weighted by Crippen LogP contribution is -2.44. The summed E-state index contributed by atoms with van der Waals surface area (Å²) in [6.45, 7) is 3.53. The molecule has 0 unspecified atom stereocenters. The van der Waals surface area contributed by atoms with Crippen molar-refractivity contribution in [2.45, 2.75) is 32.8 Å². The number of rotatable bonds is 6. The summed E-state index contributed by atoms with van der Waals surface area (Å²) >= 11 is 6.08. The fourth-order valence-corrected chi connectivity index (χ4v) is 4.19. The molecule has 12 heteroatoms. The predicted molar refractivity (Wildman–Crippen MR) is 127 cm³/mol. The normalized spacial score (nSPS) is 19.7. The Morgan fingerprint density at radius 3 is 2.71 bits per heavy atom. The molecule has 0 bridgehead atoms. The van der Waals surface area contributed by atoms with E-state index in [9.17, 15) is 9.59 Å². The van der Waals surface area contributed by atoms with Crippen molar-refractivity contribution in [2.75, 3.05) is 10.6 Å². The molecule has 1 aliphatic rings. The van der Waals surface area contributed by atoms with Crippen LogP contribution >= 0.6 is 11.6 Å². The van der Waals surface area contributed by atoms with Gasteiger partial charge >= 0.3 is 6.09 Å². The SMILES string of the molecule is C[C@@H](OC(=O)Nc1c(-c2ccc(NC(=O)C3(C)CC(C#N)C3)cn2)nnn1C)c1cccnc1Cl. The number of carbonyl (C=O) groups excluding carboxylic acids is 2. The molecule has 1 atom stereocenters. The molecule has 2 N–H and O–H groups in total. The number of hydrogen-bond acceptors (Lipinski definition) is 8. The zero-order valence-corrected chi connectivity index (χ0v) is 20.1. The molecule has 0 aromatic carbocycles. The fraction of sp³-hybridized carbons (Fsp3) is 0.348. The van der Waals surface area contributed by atoms with Crippen LogP contribution in [0.3, 0.4) is 0 Å². The van der Waals surface area contributed by atoms with Crippen LogP contribution in [0.2, 0.25) is 5.15 Å². The molecule has 3 aromatic heterocycles. The van der Waals surface area contributed by atoms with Gasteiger partial charge in [-0.05, 0) is 38.0 Å². The molecule has 35 heavy (non-hydrogen) atoms. The van der Waals surface area contributed by atoms with Crippen molar-refractivity contribution in [2.24, 2.45) is 18.4 Å². The van der Waals surface area contributed by atoms with E-state index in [1.807, 2.05) is 6.92 Å². The third-order valence-corrected chi connectivity index (χ3v) is 6.26. The number of nitriles is 1. The van der Waals surface area contributed by atoms with Crippen LogP contribution in [0.1, 0.15) is 38.4 Å². The van der Waals surface area contributed by atoms with E-state index in [0.29, 0.717) is 35.5 Å². The van der Waals surface area contributed by atoms with Crippen LogP contribution in [0.5, 0.6) is 0 Å². The highest BCUT2D eigenvalue weighted by Gasteiger charge is 2.46. The van der Waals surface area contributed by atoms with Crippen molar-refractivity contribution in [3.63, 3.8) is 0 Å². The molecule has 0 radical (unpaired) electrons. The highest BCUT2D eigenvalue weighted by Crippen LogP contribution is 2.45. The third kappa shape index (κ3) is 5.07. The summed E-state index contributed by atoms with van der Waals surface area (Å²) in [4.78, 5) is 33.5. The van der Waals surface area contributed by atoms with Crippen molar-refractivity contribution < 1.29 is 14.3 Å². The second-order valence-electron chi connectivity index (χ2n) is 8.65. The zero-order valence-electron chi connectivity index (χ0n) is 19.3. The fourth-order valence-electron chi connectivity index (χ4n) is 3.92. The number of anilines is 2. The van der Waals surface area contributed by atoms with E-state index in [2.05, 4.69) is 37.0 Å². The Bertz CT molecular complexity index is 1290. The first kappa shape index (κ1) is 24.1. The van der Waals surface area contributed by atoms with Crippen molar-refractivity contribution in [1.29, 1.82) is 5.26 Å². The topological polar surface area (TPSA) is 148 Å². The minimum absolute atomic E-state index is 0.0788. The summed E-state index contributed by atoms with van der Waals surface area (Å²) in [5, 5.41) is 22.8. The number of nitrogens with one attached hydrogen (secondary N) is 2. The molecule has 0 spiro atoms. The molecular formula is C23H23ClN8O3. The standard InChI is InChI=1S/C23H23ClN8O3/c1-13(16-5-4-8-26-19(16)24)35-22(34)29-20-18(30-31-32(20)3)17-7-6-15(12-27-17)28-21(33)23(2)9-14(10-23)11-25/h4-8,12-14H,9-10H2,1-3H3,(H,28,33)(H,29,34)/t13-,14?,23?/m1/s1. The molecule has 11 nitrogen and oxygen atoms in total. The van der Waals surface area contributed by atoms with Crippen LogP contribution in [-0.2, 0) is 16.6 Å². The number of amides is 2. The molecule has 3 aromatic rings.